The molecule has 3 nitrogen and oxygen atoms in total. The van der Waals surface area contributed by atoms with Gasteiger partial charge in [0.05, 0.1) is 6.04 Å². The highest BCUT2D eigenvalue weighted by Crippen LogP contribution is 2.16. The monoisotopic (exact) mass is 242 g/mol. The van der Waals surface area contributed by atoms with Crippen molar-refractivity contribution in [1.82, 2.24) is 10.6 Å². The summed E-state index contributed by atoms with van der Waals surface area (Å²) in [5, 5.41) is 8.14. The minimum Gasteiger partial charge on any atom is -0.358 e. The molecular weight excluding hydrogens is 224 g/mol. The Bertz CT molecular complexity index is 551. The molecule has 18 heavy (non-hydrogen) atoms. The van der Waals surface area contributed by atoms with E-state index in [1.165, 1.54) is 10.8 Å². The predicted molar refractivity (Wildman–Crippen MR) is 74.6 cm³/mol. The Hall–Kier alpha value is -1.87. The lowest BCUT2D eigenvalue weighted by molar-refractivity contribution is -0.122. The van der Waals surface area contributed by atoms with Gasteiger partial charge >= 0.3 is 0 Å². The molecule has 0 aliphatic carbocycles. The van der Waals surface area contributed by atoms with Crippen molar-refractivity contribution in [2.24, 2.45) is 0 Å². The fraction of sp³-hybridized carbons (Fsp3) is 0.267. The second kappa shape index (κ2) is 5.65. The van der Waals surface area contributed by atoms with Crippen LogP contribution in [-0.2, 0) is 11.2 Å². The van der Waals surface area contributed by atoms with Crippen molar-refractivity contribution in [2.75, 3.05) is 14.1 Å². The number of carbonyl (C=O) groups is 1. The summed E-state index contributed by atoms with van der Waals surface area (Å²) in [6.07, 6.45) is 0.695. The second-order valence-electron chi connectivity index (χ2n) is 4.34. The summed E-state index contributed by atoms with van der Waals surface area (Å²) >= 11 is 0. The number of nitrogens with one attached hydrogen (secondary N) is 2. The van der Waals surface area contributed by atoms with Crippen LogP contribution in [0, 0.1) is 0 Å². The van der Waals surface area contributed by atoms with E-state index < -0.39 is 0 Å². The topological polar surface area (TPSA) is 41.1 Å². The molecule has 2 aromatic carbocycles. The Labute approximate surface area is 107 Å². The number of carbonyl (C=O) groups excluding carboxylic acids is 1. The van der Waals surface area contributed by atoms with Crippen LogP contribution in [0.1, 0.15) is 5.56 Å². The molecule has 0 spiro atoms. The lowest BCUT2D eigenvalue weighted by Gasteiger charge is -2.14. The van der Waals surface area contributed by atoms with Gasteiger partial charge in [0.25, 0.3) is 0 Å². The van der Waals surface area contributed by atoms with Crippen LogP contribution < -0.4 is 10.6 Å². The largest absolute Gasteiger partial charge is 0.358 e. The van der Waals surface area contributed by atoms with Crippen LogP contribution in [0.5, 0.6) is 0 Å². The smallest absolute Gasteiger partial charge is 0.237 e. The molecule has 0 heterocycles. The van der Waals surface area contributed by atoms with E-state index in [4.69, 9.17) is 0 Å². The highest BCUT2D eigenvalue weighted by atomic mass is 16.2. The first-order valence-electron chi connectivity index (χ1n) is 6.11. The predicted octanol–water partition coefficient (Wildman–Crippen LogP) is 1.72. The van der Waals surface area contributed by atoms with Crippen LogP contribution in [-0.4, -0.2) is 26.0 Å². The van der Waals surface area contributed by atoms with Crippen LogP contribution in [0.25, 0.3) is 10.8 Å². The Morgan fingerprint density at radius 3 is 2.50 bits per heavy atom. The van der Waals surface area contributed by atoms with E-state index in [0.29, 0.717) is 6.42 Å². The molecule has 2 rings (SSSR count). The number of rotatable bonds is 4. The zero-order valence-corrected chi connectivity index (χ0v) is 10.7. The molecule has 1 unspecified atom stereocenters. The average Bonchev–Trinajstić information content (AvgIpc) is 2.43. The van der Waals surface area contributed by atoms with Gasteiger partial charge in [0.15, 0.2) is 0 Å². The van der Waals surface area contributed by atoms with Gasteiger partial charge in [-0.05, 0) is 29.8 Å². The van der Waals surface area contributed by atoms with Crippen LogP contribution in [0.4, 0.5) is 0 Å². The molecule has 0 saturated heterocycles. The minimum absolute atomic E-state index is 0.0191. The number of fused-ring (bicyclic) bond motifs is 1. The van der Waals surface area contributed by atoms with Crippen molar-refractivity contribution in [1.29, 1.82) is 0 Å². The zero-order chi connectivity index (χ0) is 13.0. The first kappa shape index (κ1) is 12.6. The fourth-order valence-corrected chi connectivity index (χ4v) is 2.10. The SMILES string of the molecule is CNC(=O)C(Cc1ccc2ccccc2c1)NC. The van der Waals surface area contributed by atoms with Gasteiger partial charge in [-0.3, -0.25) is 4.79 Å². The van der Waals surface area contributed by atoms with Gasteiger partial charge in [-0.2, -0.15) is 0 Å². The van der Waals surface area contributed by atoms with Crippen molar-refractivity contribution in [3.63, 3.8) is 0 Å². The summed E-state index contributed by atoms with van der Waals surface area (Å²) in [6.45, 7) is 0. The summed E-state index contributed by atoms with van der Waals surface area (Å²) in [6, 6.07) is 14.4. The van der Waals surface area contributed by atoms with Crippen LogP contribution in [0.3, 0.4) is 0 Å². The van der Waals surface area contributed by atoms with Gasteiger partial charge in [0, 0.05) is 7.05 Å². The third-order valence-electron chi connectivity index (χ3n) is 3.17. The van der Waals surface area contributed by atoms with E-state index in [-0.39, 0.29) is 11.9 Å². The lowest BCUT2D eigenvalue weighted by atomic mass is 10.0. The van der Waals surface area contributed by atoms with E-state index >= 15 is 0 Å². The van der Waals surface area contributed by atoms with Crippen molar-refractivity contribution in [3.8, 4) is 0 Å². The van der Waals surface area contributed by atoms with Crippen molar-refractivity contribution < 1.29 is 4.79 Å². The highest BCUT2D eigenvalue weighted by Gasteiger charge is 2.15. The van der Waals surface area contributed by atoms with E-state index in [9.17, 15) is 4.79 Å². The normalized spacial score (nSPS) is 12.3. The molecule has 1 amide bonds. The lowest BCUT2D eigenvalue weighted by Crippen LogP contribution is -2.42. The van der Waals surface area contributed by atoms with Crippen LogP contribution >= 0.6 is 0 Å². The maximum Gasteiger partial charge on any atom is 0.237 e. The van der Waals surface area contributed by atoms with Crippen molar-refractivity contribution >= 4 is 16.7 Å². The van der Waals surface area contributed by atoms with E-state index in [0.717, 1.165) is 5.56 Å². The summed E-state index contributed by atoms with van der Waals surface area (Å²) in [5.74, 6) is 0.0191. The molecule has 0 radical (unpaired) electrons. The summed E-state index contributed by atoms with van der Waals surface area (Å²) in [7, 11) is 3.47. The third kappa shape index (κ3) is 2.68. The van der Waals surface area contributed by atoms with Gasteiger partial charge in [0.2, 0.25) is 5.91 Å². The maximum absolute atomic E-state index is 11.6. The van der Waals surface area contributed by atoms with Gasteiger partial charge in [-0.25, -0.2) is 0 Å². The van der Waals surface area contributed by atoms with Crippen LogP contribution in [0.2, 0.25) is 0 Å². The molecule has 0 aliphatic heterocycles. The molecule has 0 aromatic heterocycles. The molecule has 3 heteroatoms. The van der Waals surface area contributed by atoms with E-state index in [2.05, 4.69) is 41.0 Å². The number of amides is 1. The molecular formula is C15H18N2O. The Morgan fingerprint density at radius 1 is 1.11 bits per heavy atom. The number of likely N-dealkylation sites (N-methyl/N-ethyl adjacent to an activating group) is 2. The number of benzene rings is 2. The average molecular weight is 242 g/mol. The number of hydrogen-bond acceptors (Lipinski definition) is 2. The Balaban J connectivity index is 2.23. The van der Waals surface area contributed by atoms with E-state index in [1.54, 1.807) is 14.1 Å². The van der Waals surface area contributed by atoms with Gasteiger partial charge in [-0.15, -0.1) is 0 Å². The standard InChI is InChI=1S/C15H18N2O/c1-16-14(15(18)17-2)10-11-7-8-12-5-3-4-6-13(12)9-11/h3-9,14,16H,10H2,1-2H3,(H,17,18). The maximum atomic E-state index is 11.6. The summed E-state index contributed by atoms with van der Waals surface area (Å²) in [4.78, 5) is 11.6. The van der Waals surface area contributed by atoms with Crippen LogP contribution in [0.15, 0.2) is 42.5 Å². The van der Waals surface area contributed by atoms with E-state index in [1.807, 2.05) is 12.1 Å². The molecule has 0 aliphatic rings. The number of hydrogen-bond donors (Lipinski definition) is 2. The molecule has 0 bridgehead atoms. The fourth-order valence-electron chi connectivity index (χ4n) is 2.10. The van der Waals surface area contributed by atoms with Gasteiger partial charge in [-0.1, -0.05) is 42.5 Å². The second-order valence-corrected chi connectivity index (χ2v) is 4.34. The van der Waals surface area contributed by atoms with Crippen molar-refractivity contribution in [3.05, 3.63) is 48.0 Å². The van der Waals surface area contributed by atoms with Gasteiger partial charge < -0.3 is 10.6 Å². The molecule has 1 atom stereocenters. The first-order valence-corrected chi connectivity index (χ1v) is 6.11. The van der Waals surface area contributed by atoms with Gasteiger partial charge in [0.1, 0.15) is 0 Å². The quantitative estimate of drug-likeness (QED) is 0.857. The minimum atomic E-state index is -0.184. The summed E-state index contributed by atoms with van der Waals surface area (Å²) < 4.78 is 0. The zero-order valence-electron chi connectivity index (χ0n) is 10.7. The molecule has 2 N–H and O–H groups in total. The first-order chi connectivity index (χ1) is 8.74. The van der Waals surface area contributed by atoms with Crippen molar-refractivity contribution in [2.45, 2.75) is 12.5 Å². The molecule has 0 saturated carbocycles. The molecule has 0 fully saturated rings. The highest BCUT2D eigenvalue weighted by molar-refractivity contribution is 5.84. The third-order valence-corrected chi connectivity index (χ3v) is 3.17. The Morgan fingerprint density at radius 2 is 1.83 bits per heavy atom. The summed E-state index contributed by atoms with van der Waals surface area (Å²) in [5.41, 5.74) is 1.16. The molecule has 94 valence electrons. The Kier molecular flexibility index (Phi) is 3.95. The molecule has 2 aromatic rings.